The Hall–Kier alpha value is -4.01. The molecule has 0 aliphatic rings. The molecule has 3 heterocycles. The summed E-state index contributed by atoms with van der Waals surface area (Å²) in [6, 6.07) is 7.43. The van der Waals surface area contributed by atoms with Gasteiger partial charge in [-0.05, 0) is 17.4 Å². The normalized spacial score (nSPS) is 13.0. The number of carbonyl (C=O) groups is 1. The molecule has 0 spiro atoms. The zero-order valence-electron chi connectivity index (χ0n) is 21.1. The van der Waals surface area contributed by atoms with Gasteiger partial charge in [0.25, 0.3) is 5.91 Å². The van der Waals surface area contributed by atoms with E-state index in [9.17, 15) is 9.18 Å². The van der Waals surface area contributed by atoms with Crippen LogP contribution in [0.5, 0.6) is 0 Å². The monoisotopic (exact) mass is 487 g/mol. The number of hydrogen-bond acceptors (Lipinski definition) is 7. The molecule has 0 aliphatic carbocycles. The van der Waals surface area contributed by atoms with Crippen LogP contribution < -0.4 is 10.6 Å². The molecule has 1 aromatic carbocycles. The van der Waals surface area contributed by atoms with E-state index in [1.807, 2.05) is 18.2 Å². The highest BCUT2D eigenvalue weighted by Crippen LogP contribution is 2.32. The zero-order valence-corrected chi connectivity index (χ0v) is 21.1. The third-order valence-corrected chi connectivity index (χ3v) is 6.44. The minimum atomic E-state index is -0.634. The average molecular weight is 488 g/mol. The molecule has 2 atom stereocenters. The molecule has 4 rings (SSSR count). The van der Waals surface area contributed by atoms with E-state index >= 15 is 0 Å². The van der Waals surface area contributed by atoms with Gasteiger partial charge in [-0.1, -0.05) is 45.9 Å². The number of nitrogens with zero attached hydrogens (tertiary/aromatic N) is 5. The molecule has 1 amide bonds. The summed E-state index contributed by atoms with van der Waals surface area (Å²) in [5.74, 6) is 0.909. The maximum absolute atomic E-state index is 14.4. The standard InChI is InChI=1S/C27H30FN7O/c1-15(2)26-32-11-18(12-33-26)22-9-23(35-14-34-22)30-10-16(3)17(4)19-7-6-8-20-24(27(36)29-5)21(28)13-31-25(19)20/h6-9,11-17H,10H2,1-5H3,(H,29,36)(H,30,34,35)/t16-,17?/m1/s1. The van der Waals surface area contributed by atoms with Gasteiger partial charge >= 0.3 is 0 Å². The smallest absolute Gasteiger partial charge is 0.254 e. The van der Waals surface area contributed by atoms with Gasteiger partial charge in [0, 0.05) is 48.9 Å². The third kappa shape index (κ3) is 5.15. The summed E-state index contributed by atoms with van der Waals surface area (Å²) in [7, 11) is 1.49. The van der Waals surface area contributed by atoms with Crippen molar-refractivity contribution >= 4 is 22.6 Å². The van der Waals surface area contributed by atoms with Gasteiger partial charge < -0.3 is 10.6 Å². The Morgan fingerprint density at radius 2 is 1.75 bits per heavy atom. The number of benzene rings is 1. The van der Waals surface area contributed by atoms with Crippen molar-refractivity contribution in [1.82, 2.24) is 30.2 Å². The summed E-state index contributed by atoms with van der Waals surface area (Å²) in [5.41, 5.74) is 3.17. The van der Waals surface area contributed by atoms with Gasteiger partial charge in [0.1, 0.15) is 18.0 Å². The number of carbonyl (C=O) groups excluding carboxylic acids is 1. The first-order valence-electron chi connectivity index (χ1n) is 12.0. The maximum Gasteiger partial charge on any atom is 0.254 e. The molecule has 8 nitrogen and oxygen atoms in total. The van der Waals surface area contributed by atoms with E-state index < -0.39 is 11.7 Å². The Morgan fingerprint density at radius 1 is 1.00 bits per heavy atom. The summed E-state index contributed by atoms with van der Waals surface area (Å²) < 4.78 is 14.4. The van der Waals surface area contributed by atoms with Gasteiger partial charge in [0.05, 0.1) is 23.0 Å². The van der Waals surface area contributed by atoms with Crippen molar-refractivity contribution in [2.45, 2.75) is 39.5 Å². The average Bonchev–Trinajstić information content (AvgIpc) is 2.90. The SMILES string of the molecule is CNC(=O)c1c(F)cnc2c(C(C)[C@H](C)CNc3cc(-c4cnc(C(C)C)nc4)ncn3)cccc12. The summed E-state index contributed by atoms with van der Waals surface area (Å²) in [4.78, 5) is 34.2. The fourth-order valence-corrected chi connectivity index (χ4v) is 4.07. The summed E-state index contributed by atoms with van der Waals surface area (Å²) in [5, 5.41) is 6.41. The number of hydrogen-bond donors (Lipinski definition) is 2. The third-order valence-electron chi connectivity index (χ3n) is 6.44. The number of halogens is 1. The number of pyridine rings is 1. The number of aromatic nitrogens is 5. The molecule has 0 saturated heterocycles. The van der Waals surface area contributed by atoms with Crippen molar-refractivity contribution in [1.29, 1.82) is 0 Å². The first-order valence-corrected chi connectivity index (χ1v) is 12.0. The number of fused-ring (bicyclic) bond motifs is 1. The minimum Gasteiger partial charge on any atom is -0.370 e. The highest BCUT2D eigenvalue weighted by Gasteiger charge is 2.22. The van der Waals surface area contributed by atoms with Crippen LogP contribution in [0.3, 0.4) is 0 Å². The molecular weight excluding hydrogens is 457 g/mol. The molecule has 0 bridgehead atoms. The van der Waals surface area contributed by atoms with E-state index in [1.54, 1.807) is 18.5 Å². The molecule has 9 heteroatoms. The lowest BCUT2D eigenvalue weighted by Crippen LogP contribution is -2.21. The minimum absolute atomic E-state index is 0.0150. The van der Waals surface area contributed by atoms with Crippen LogP contribution in [0.2, 0.25) is 0 Å². The lowest BCUT2D eigenvalue weighted by atomic mass is 9.87. The summed E-state index contributed by atoms with van der Waals surface area (Å²) in [6.45, 7) is 8.97. The Labute approximate surface area is 209 Å². The van der Waals surface area contributed by atoms with Crippen LogP contribution in [0, 0.1) is 11.7 Å². The Balaban J connectivity index is 1.51. The first kappa shape index (κ1) is 25.1. The lowest BCUT2D eigenvalue weighted by molar-refractivity contribution is 0.0960. The van der Waals surface area contributed by atoms with Crippen LogP contribution in [0.4, 0.5) is 10.2 Å². The summed E-state index contributed by atoms with van der Waals surface area (Å²) in [6.07, 6.45) is 6.20. The van der Waals surface area contributed by atoms with Gasteiger partial charge in [0.15, 0.2) is 5.82 Å². The van der Waals surface area contributed by atoms with Crippen molar-refractivity contribution in [3.05, 3.63) is 72.0 Å². The van der Waals surface area contributed by atoms with Crippen molar-refractivity contribution in [3.63, 3.8) is 0 Å². The van der Waals surface area contributed by atoms with E-state index in [4.69, 9.17) is 0 Å². The van der Waals surface area contributed by atoms with Gasteiger partial charge in [-0.2, -0.15) is 0 Å². The van der Waals surface area contributed by atoms with Crippen LogP contribution >= 0.6 is 0 Å². The van der Waals surface area contributed by atoms with Crippen LogP contribution in [-0.2, 0) is 0 Å². The predicted octanol–water partition coefficient (Wildman–Crippen LogP) is 4.96. The van der Waals surface area contributed by atoms with Crippen molar-refractivity contribution < 1.29 is 9.18 Å². The number of para-hydroxylation sites is 1. The molecule has 3 aromatic heterocycles. The second kappa shape index (κ2) is 10.7. The number of anilines is 1. The Bertz CT molecular complexity index is 1370. The van der Waals surface area contributed by atoms with Crippen molar-refractivity contribution in [2.24, 2.45) is 5.92 Å². The van der Waals surface area contributed by atoms with Crippen molar-refractivity contribution in [3.8, 4) is 11.3 Å². The molecule has 36 heavy (non-hydrogen) atoms. The van der Waals surface area contributed by atoms with Gasteiger partial charge in [-0.15, -0.1) is 0 Å². The second-order valence-corrected chi connectivity index (χ2v) is 9.22. The van der Waals surface area contributed by atoms with Gasteiger partial charge in [0.2, 0.25) is 0 Å². The highest BCUT2D eigenvalue weighted by molar-refractivity contribution is 6.06. The Kier molecular flexibility index (Phi) is 7.47. The summed E-state index contributed by atoms with van der Waals surface area (Å²) >= 11 is 0. The lowest BCUT2D eigenvalue weighted by Gasteiger charge is -2.22. The zero-order chi connectivity index (χ0) is 25.8. The fourth-order valence-electron chi connectivity index (χ4n) is 4.07. The largest absolute Gasteiger partial charge is 0.370 e. The second-order valence-electron chi connectivity index (χ2n) is 9.22. The molecular formula is C27H30FN7O. The molecule has 0 radical (unpaired) electrons. The topological polar surface area (TPSA) is 106 Å². The van der Waals surface area contributed by atoms with Gasteiger partial charge in [-0.25, -0.2) is 24.3 Å². The van der Waals surface area contributed by atoms with Crippen LogP contribution in [0.15, 0.2) is 49.2 Å². The maximum atomic E-state index is 14.4. The predicted molar refractivity (Wildman–Crippen MR) is 138 cm³/mol. The fraction of sp³-hybridized carbons (Fsp3) is 0.333. The van der Waals surface area contributed by atoms with Crippen LogP contribution in [-0.4, -0.2) is 44.4 Å². The molecule has 186 valence electrons. The number of nitrogens with one attached hydrogen (secondary N) is 2. The van der Waals surface area contributed by atoms with E-state index in [0.717, 1.165) is 28.8 Å². The van der Waals surface area contributed by atoms with Crippen LogP contribution in [0.25, 0.3) is 22.2 Å². The number of amides is 1. The molecule has 0 fully saturated rings. The van der Waals surface area contributed by atoms with E-state index in [1.165, 1.54) is 13.4 Å². The molecule has 2 N–H and O–H groups in total. The highest BCUT2D eigenvalue weighted by atomic mass is 19.1. The number of rotatable bonds is 8. The van der Waals surface area contributed by atoms with Crippen molar-refractivity contribution in [2.75, 3.05) is 18.9 Å². The van der Waals surface area contributed by atoms with E-state index in [0.29, 0.717) is 23.3 Å². The van der Waals surface area contributed by atoms with Crippen LogP contribution in [0.1, 0.15) is 61.3 Å². The quantitative estimate of drug-likeness (QED) is 0.362. The van der Waals surface area contributed by atoms with Gasteiger partial charge in [-0.3, -0.25) is 9.78 Å². The molecule has 0 aliphatic heterocycles. The molecule has 4 aromatic rings. The molecule has 1 unspecified atom stereocenters. The Morgan fingerprint density at radius 3 is 2.44 bits per heavy atom. The molecule has 0 saturated carbocycles. The van der Waals surface area contributed by atoms with E-state index in [-0.39, 0.29) is 23.3 Å². The first-order chi connectivity index (χ1) is 17.3. The van der Waals surface area contributed by atoms with E-state index in [2.05, 4.69) is 63.2 Å².